The van der Waals surface area contributed by atoms with Crippen LogP contribution < -0.4 is 5.32 Å². The van der Waals surface area contributed by atoms with E-state index in [0.29, 0.717) is 6.54 Å². The predicted octanol–water partition coefficient (Wildman–Crippen LogP) is -0.107. The number of nitrogens with one attached hydrogen (secondary N) is 1. The summed E-state index contributed by atoms with van der Waals surface area (Å²) >= 11 is 0. The third-order valence-electron chi connectivity index (χ3n) is 1.93. The number of aliphatic hydroxyl groups excluding tert-OH is 1. The largest absolute Gasteiger partial charge is 0.392 e. The molecule has 3 nitrogen and oxygen atoms in total. The van der Waals surface area contributed by atoms with E-state index in [9.17, 15) is 4.79 Å². The van der Waals surface area contributed by atoms with Crippen LogP contribution in [0.4, 0.5) is 0 Å². The molecule has 0 aliphatic heterocycles. The van der Waals surface area contributed by atoms with Crippen LogP contribution in [-0.4, -0.2) is 23.7 Å². The highest BCUT2D eigenvalue weighted by Gasteiger charge is 2.34. The molecule has 0 bridgehead atoms. The van der Waals surface area contributed by atoms with Crippen LogP contribution in [0.2, 0.25) is 0 Å². The second-order valence-electron chi connectivity index (χ2n) is 2.65. The van der Waals surface area contributed by atoms with E-state index in [1.54, 1.807) is 0 Å². The zero-order valence-corrected chi connectivity index (χ0v) is 6.13. The van der Waals surface area contributed by atoms with Gasteiger partial charge in [0.2, 0.25) is 5.91 Å². The van der Waals surface area contributed by atoms with Crippen LogP contribution in [-0.2, 0) is 4.79 Å². The van der Waals surface area contributed by atoms with Gasteiger partial charge >= 0.3 is 0 Å². The summed E-state index contributed by atoms with van der Waals surface area (Å²) in [7, 11) is 0. The highest BCUT2D eigenvalue weighted by atomic mass is 16.3. The minimum atomic E-state index is -0.383. The smallest absolute Gasteiger partial charge is 0.225 e. The second kappa shape index (κ2) is 3.01. The maximum atomic E-state index is 11.0. The van der Waals surface area contributed by atoms with Crippen LogP contribution >= 0.6 is 0 Å². The molecule has 0 aromatic carbocycles. The zero-order chi connectivity index (χ0) is 7.56. The van der Waals surface area contributed by atoms with Crippen molar-refractivity contribution in [2.24, 2.45) is 5.92 Å². The van der Waals surface area contributed by atoms with Gasteiger partial charge in [-0.1, -0.05) is 0 Å². The fourth-order valence-corrected chi connectivity index (χ4v) is 1.09. The fourth-order valence-electron chi connectivity index (χ4n) is 1.09. The zero-order valence-electron chi connectivity index (χ0n) is 6.13. The van der Waals surface area contributed by atoms with Crippen molar-refractivity contribution in [3.63, 3.8) is 0 Å². The SMILES string of the molecule is CCNC(=O)C1CCC1O. The van der Waals surface area contributed by atoms with E-state index in [2.05, 4.69) is 5.32 Å². The highest BCUT2D eigenvalue weighted by molar-refractivity contribution is 5.80. The molecule has 2 N–H and O–H groups in total. The summed E-state index contributed by atoms with van der Waals surface area (Å²) in [5.74, 6) is -0.124. The molecule has 1 aliphatic carbocycles. The van der Waals surface area contributed by atoms with Crippen molar-refractivity contribution in [3.05, 3.63) is 0 Å². The summed E-state index contributed by atoms with van der Waals surface area (Å²) in [5, 5.41) is 11.7. The van der Waals surface area contributed by atoms with E-state index in [0.717, 1.165) is 12.8 Å². The summed E-state index contributed by atoms with van der Waals surface area (Å²) in [6.07, 6.45) is 1.24. The fraction of sp³-hybridized carbons (Fsp3) is 0.857. The first kappa shape index (κ1) is 7.54. The molecule has 2 unspecified atom stereocenters. The van der Waals surface area contributed by atoms with Crippen molar-refractivity contribution < 1.29 is 9.90 Å². The molecule has 0 heterocycles. The standard InChI is InChI=1S/C7H13NO2/c1-2-8-7(10)5-3-4-6(5)9/h5-6,9H,2-4H2,1H3,(H,8,10). The minimum absolute atomic E-state index is 0.00116. The van der Waals surface area contributed by atoms with E-state index >= 15 is 0 Å². The Labute approximate surface area is 60.4 Å². The summed E-state index contributed by atoms with van der Waals surface area (Å²) in [6.45, 7) is 2.53. The molecule has 1 amide bonds. The van der Waals surface area contributed by atoms with Crippen molar-refractivity contribution in [1.29, 1.82) is 0 Å². The Hall–Kier alpha value is -0.570. The van der Waals surface area contributed by atoms with Crippen molar-refractivity contribution in [1.82, 2.24) is 5.32 Å². The van der Waals surface area contributed by atoms with Gasteiger partial charge in [0.1, 0.15) is 0 Å². The van der Waals surface area contributed by atoms with Gasteiger partial charge in [-0.2, -0.15) is 0 Å². The minimum Gasteiger partial charge on any atom is -0.392 e. The third-order valence-corrected chi connectivity index (χ3v) is 1.93. The Morgan fingerprint density at radius 2 is 2.40 bits per heavy atom. The highest BCUT2D eigenvalue weighted by Crippen LogP contribution is 2.26. The Bertz CT molecular complexity index is 136. The van der Waals surface area contributed by atoms with Crippen LogP contribution in [0.3, 0.4) is 0 Å². The van der Waals surface area contributed by atoms with E-state index < -0.39 is 0 Å². The maximum absolute atomic E-state index is 11.0. The molecule has 0 radical (unpaired) electrons. The first-order chi connectivity index (χ1) is 4.75. The van der Waals surface area contributed by atoms with E-state index in [1.807, 2.05) is 6.92 Å². The summed E-state index contributed by atoms with van der Waals surface area (Å²) < 4.78 is 0. The second-order valence-corrected chi connectivity index (χ2v) is 2.65. The number of carbonyl (C=O) groups excluding carboxylic acids is 1. The molecule has 0 aromatic heterocycles. The number of aliphatic hydroxyl groups is 1. The van der Waals surface area contributed by atoms with Gasteiger partial charge in [-0.15, -0.1) is 0 Å². The summed E-state index contributed by atoms with van der Waals surface area (Å²) in [5.41, 5.74) is 0. The lowest BCUT2D eigenvalue weighted by molar-refractivity contribution is -0.133. The average Bonchev–Trinajstić information content (AvgIpc) is 1.85. The molecule has 1 saturated carbocycles. The van der Waals surface area contributed by atoms with Crippen LogP contribution in [0.1, 0.15) is 19.8 Å². The van der Waals surface area contributed by atoms with Gasteiger partial charge in [-0.25, -0.2) is 0 Å². The van der Waals surface area contributed by atoms with Gasteiger partial charge in [0, 0.05) is 6.54 Å². The van der Waals surface area contributed by atoms with Gasteiger partial charge < -0.3 is 10.4 Å². The Kier molecular flexibility index (Phi) is 2.27. The molecule has 1 fully saturated rings. The van der Waals surface area contributed by atoms with Crippen LogP contribution in [0.15, 0.2) is 0 Å². The number of hydrogen-bond donors (Lipinski definition) is 2. The van der Waals surface area contributed by atoms with Crippen LogP contribution in [0.5, 0.6) is 0 Å². The molecule has 58 valence electrons. The molecule has 0 spiro atoms. The molecule has 1 rings (SSSR count). The molecule has 0 aromatic rings. The monoisotopic (exact) mass is 143 g/mol. The Balaban J connectivity index is 2.27. The van der Waals surface area contributed by atoms with E-state index in [-0.39, 0.29) is 17.9 Å². The quantitative estimate of drug-likeness (QED) is 0.566. The predicted molar refractivity (Wildman–Crippen MR) is 37.4 cm³/mol. The van der Waals surface area contributed by atoms with Crippen LogP contribution in [0.25, 0.3) is 0 Å². The number of amides is 1. The molecule has 10 heavy (non-hydrogen) atoms. The van der Waals surface area contributed by atoms with Gasteiger partial charge in [0.05, 0.1) is 12.0 Å². The van der Waals surface area contributed by atoms with Gasteiger partial charge in [-0.3, -0.25) is 4.79 Å². The molecular weight excluding hydrogens is 130 g/mol. The number of carbonyl (C=O) groups is 1. The Morgan fingerprint density at radius 1 is 1.70 bits per heavy atom. The lowest BCUT2D eigenvalue weighted by atomic mass is 9.81. The van der Waals surface area contributed by atoms with Gasteiger partial charge in [0.15, 0.2) is 0 Å². The maximum Gasteiger partial charge on any atom is 0.225 e. The topological polar surface area (TPSA) is 49.3 Å². The van der Waals surface area contributed by atoms with Crippen molar-refractivity contribution in [3.8, 4) is 0 Å². The first-order valence-electron chi connectivity index (χ1n) is 3.71. The Morgan fingerprint density at radius 3 is 2.70 bits per heavy atom. The van der Waals surface area contributed by atoms with Crippen LogP contribution in [0, 0.1) is 5.92 Å². The lowest BCUT2D eigenvalue weighted by Gasteiger charge is -2.30. The summed E-state index contributed by atoms with van der Waals surface area (Å²) in [6, 6.07) is 0. The van der Waals surface area contributed by atoms with E-state index in [1.165, 1.54) is 0 Å². The van der Waals surface area contributed by atoms with Crippen molar-refractivity contribution >= 4 is 5.91 Å². The lowest BCUT2D eigenvalue weighted by Crippen LogP contribution is -2.43. The van der Waals surface area contributed by atoms with Gasteiger partial charge in [0.25, 0.3) is 0 Å². The molecule has 2 atom stereocenters. The number of hydrogen-bond acceptors (Lipinski definition) is 2. The number of rotatable bonds is 2. The summed E-state index contributed by atoms with van der Waals surface area (Å²) in [4.78, 5) is 11.0. The third kappa shape index (κ3) is 1.29. The molecular formula is C7H13NO2. The molecule has 3 heteroatoms. The van der Waals surface area contributed by atoms with E-state index in [4.69, 9.17) is 5.11 Å². The molecule has 1 aliphatic rings. The van der Waals surface area contributed by atoms with Crippen molar-refractivity contribution in [2.75, 3.05) is 6.54 Å². The normalized spacial score (nSPS) is 31.0. The average molecular weight is 143 g/mol. The molecule has 0 saturated heterocycles. The first-order valence-corrected chi connectivity index (χ1v) is 3.71. The van der Waals surface area contributed by atoms with Gasteiger partial charge in [-0.05, 0) is 19.8 Å². The van der Waals surface area contributed by atoms with Crippen molar-refractivity contribution in [2.45, 2.75) is 25.9 Å².